The molecule has 0 fully saturated rings. The fraction of sp³-hybridized carbons (Fsp3) is 0.143. The second-order valence-corrected chi connectivity index (χ2v) is 2.89. The molecule has 0 unspecified atom stereocenters. The Morgan fingerprint density at radius 1 is 1.55 bits per heavy atom. The van der Waals surface area contributed by atoms with E-state index in [2.05, 4.69) is 26.0 Å². The Hall–Kier alpha value is -0.990. The van der Waals surface area contributed by atoms with E-state index in [1.807, 2.05) is 19.1 Å². The molecule has 0 heterocycles. The first kappa shape index (κ1) is 8.11. The minimum absolute atomic E-state index is 0.632. The van der Waals surface area contributed by atoms with E-state index in [-0.39, 0.29) is 0 Å². The fourth-order valence-electron chi connectivity index (χ4n) is 0.757. The summed E-state index contributed by atoms with van der Waals surface area (Å²) in [5.74, 6) is 0. The minimum Gasteiger partial charge on any atom is -0.0615 e. The zero-order valence-electron chi connectivity index (χ0n) is 5.95. The van der Waals surface area contributed by atoms with E-state index < -0.39 is 0 Å². The highest BCUT2D eigenvalue weighted by Gasteiger charge is 1.97. The van der Waals surface area contributed by atoms with Crippen LogP contribution >= 0.6 is 15.9 Å². The fourth-order valence-corrected chi connectivity index (χ4v) is 1.10. The Bertz CT molecular complexity index is 315. The van der Waals surface area contributed by atoms with Crippen LogP contribution in [0.15, 0.2) is 27.8 Å². The van der Waals surface area contributed by atoms with E-state index in [4.69, 9.17) is 5.53 Å². The van der Waals surface area contributed by atoms with Crippen LogP contribution in [-0.4, -0.2) is 0 Å². The van der Waals surface area contributed by atoms with Crippen molar-refractivity contribution in [2.75, 3.05) is 0 Å². The lowest BCUT2D eigenvalue weighted by Crippen LogP contribution is -1.73. The van der Waals surface area contributed by atoms with Gasteiger partial charge in [0.25, 0.3) is 0 Å². The van der Waals surface area contributed by atoms with E-state index in [1.165, 1.54) is 0 Å². The van der Waals surface area contributed by atoms with Gasteiger partial charge < -0.3 is 0 Å². The second-order valence-electron chi connectivity index (χ2n) is 2.10. The average Bonchev–Trinajstić information content (AvgIpc) is 1.99. The maximum Gasteiger partial charge on any atom is 0.0520 e. The molecule has 3 nitrogen and oxygen atoms in total. The van der Waals surface area contributed by atoms with Crippen molar-refractivity contribution in [1.82, 2.24) is 0 Å². The van der Waals surface area contributed by atoms with Crippen molar-refractivity contribution < 1.29 is 0 Å². The summed E-state index contributed by atoms with van der Waals surface area (Å²) in [5.41, 5.74) is 9.87. The van der Waals surface area contributed by atoms with Gasteiger partial charge in [0.15, 0.2) is 0 Å². The lowest BCUT2D eigenvalue weighted by atomic mass is 10.2. The molecule has 56 valence electrons. The average molecular weight is 212 g/mol. The molecule has 0 spiro atoms. The summed E-state index contributed by atoms with van der Waals surface area (Å²) in [7, 11) is 0. The highest BCUT2D eigenvalue weighted by molar-refractivity contribution is 9.10. The third-order valence-electron chi connectivity index (χ3n) is 1.32. The first-order valence-electron chi connectivity index (χ1n) is 3.06. The van der Waals surface area contributed by atoms with Gasteiger partial charge in [-0.1, -0.05) is 39.2 Å². The van der Waals surface area contributed by atoms with Gasteiger partial charge in [0.05, 0.1) is 5.69 Å². The molecule has 4 heteroatoms. The van der Waals surface area contributed by atoms with Gasteiger partial charge in [-0.2, -0.15) is 0 Å². The Balaban J connectivity index is 3.26. The van der Waals surface area contributed by atoms with E-state index in [1.54, 1.807) is 6.07 Å². The first-order valence-corrected chi connectivity index (χ1v) is 3.85. The molecule has 0 atom stereocenters. The summed E-state index contributed by atoms with van der Waals surface area (Å²) in [6, 6.07) is 5.56. The van der Waals surface area contributed by atoms with Gasteiger partial charge >= 0.3 is 0 Å². The monoisotopic (exact) mass is 211 g/mol. The summed E-state index contributed by atoms with van der Waals surface area (Å²) >= 11 is 3.32. The molecule has 0 amide bonds. The predicted octanol–water partition coefficient (Wildman–Crippen LogP) is 3.70. The molecule has 0 radical (unpaired) electrons. The van der Waals surface area contributed by atoms with Crippen molar-refractivity contribution in [3.8, 4) is 0 Å². The van der Waals surface area contributed by atoms with E-state index in [0.29, 0.717) is 5.69 Å². The lowest BCUT2D eigenvalue weighted by Gasteiger charge is -1.98. The summed E-state index contributed by atoms with van der Waals surface area (Å²) in [5, 5.41) is 3.50. The highest BCUT2D eigenvalue weighted by atomic mass is 79.9. The van der Waals surface area contributed by atoms with Crippen LogP contribution in [0.5, 0.6) is 0 Å². The van der Waals surface area contributed by atoms with Gasteiger partial charge in [-0.3, -0.25) is 0 Å². The largest absolute Gasteiger partial charge is 0.0615 e. The van der Waals surface area contributed by atoms with Crippen molar-refractivity contribution in [3.63, 3.8) is 0 Å². The number of rotatable bonds is 1. The molecule has 0 saturated carbocycles. The Kier molecular flexibility index (Phi) is 2.52. The van der Waals surface area contributed by atoms with Crippen LogP contribution < -0.4 is 0 Å². The summed E-state index contributed by atoms with van der Waals surface area (Å²) in [6.45, 7) is 1.94. The summed E-state index contributed by atoms with van der Waals surface area (Å²) in [4.78, 5) is 2.70. The molecule has 1 aromatic carbocycles. The molecule has 1 aromatic rings. The van der Waals surface area contributed by atoms with E-state index in [0.717, 1.165) is 10.0 Å². The van der Waals surface area contributed by atoms with Gasteiger partial charge in [0, 0.05) is 9.38 Å². The number of benzene rings is 1. The second kappa shape index (κ2) is 3.42. The van der Waals surface area contributed by atoms with Crippen LogP contribution in [0.1, 0.15) is 5.56 Å². The lowest BCUT2D eigenvalue weighted by molar-refractivity contribution is 1.37. The third kappa shape index (κ3) is 1.73. The number of halogens is 1. The molecule has 1 rings (SSSR count). The van der Waals surface area contributed by atoms with Crippen LogP contribution in [0.2, 0.25) is 0 Å². The van der Waals surface area contributed by atoms with Crippen LogP contribution in [0.3, 0.4) is 0 Å². The normalized spacial score (nSPS) is 8.91. The van der Waals surface area contributed by atoms with Crippen LogP contribution in [0.4, 0.5) is 5.69 Å². The summed E-state index contributed by atoms with van der Waals surface area (Å²) in [6.07, 6.45) is 0. The predicted molar refractivity (Wildman–Crippen MR) is 47.7 cm³/mol. The number of hydrogen-bond acceptors (Lipinski definition) is 1. The number of azide groups is 1. The molecule has 0 aliphatic heterocycles. The van der Waals surface area contributed by atoms with Crippen molar-refractivity contribution in [1.29, 1.82) is 0 Å². The molecule has 0 bridgehead atoms. The quantitative estimate of drug-likeness (QED) is 0.387. The van der Waals surface area contributed by atoms with E-state index >= 15 is 0 Å². The molecular weight excluding hydrogens is 206 g/mol. The Labute approximate surface area is 72.8 Å². The number of nitrogens with zero attached hydrogens (tertiary/aromatic N) is 3. The maximum atomic E-state index is 8.17. The molecule has 0 aromatic heterocycles. The van der Waals surface area contributed by atoms with Gasteiger partial charge in [-0.25, -0.2) is 0 Å². The van der Waals surface area contributed by atoms with Crippen LogP contribution in [-0.2, 0) is 0 Å². The number of hydrogen-bond donors (Lipinski definition) is 0. The molecule has 0 aliphatic carbocycles. The van der Waals surface area contributed by atoms with Gasteiger partial charge in [0.1, 0.15) is 0 Å². The Morgan fingerprint density at radius 3 is 2.91 bits per heavy atom. The molecule has 0 saturated heterocycles. The van der Waals surface area contributed by atoms with Gasteiger partial charge in [-0.15, -0.1) is 0 Å². The third-order valence-corrected chi connectivity index (χ3v) is 2.36. The van der Waals surface area contributed by atoms with Gasteiger partial charge in [0.2, 0.25) is 0 Å². The summed E-state index contributed by atoms with van der Waals surface area (Å²) < 4.78 is 0.859. The van der Waals surface area contributed by atoms with Crippen molar-refractivity contribution in [2.24, 2.45) is 5.11 Å². The zero-order chi connectivity index (χ0) is 8.27. The maximum absolute atomic E-state index is 8.17. The van der Waals surface area contributed by atoms with Crippen molar-refractivity contribution >= 4 is 21.6 Å². The molecular formula is C7H6BrN3. The molecule has 0 N–H and O–H groups in total. The van der Waals surface area contributed by atoms with Crippen LogP contribution in [0.25, 0.3) is 10.4 Å². The zero-order valence-corrected chi connectivity index (χ0v) is 7.54. The van der Waals surface area contributed by atoms with Gasteiger partial charge in [-0.05, 0) is 18.0 Å². The number of aryl methyl sites for hydroxylation is 1. The SMILES string of the molecule is Cc1cccc(N=[N+]=[N-])c1Br. The first-order chi connectivity index (χ1) is 5.25. The minimum atomic E-state index is 0.632. The Morgan fingerprint density at radius 2 is 2.27 bits per heavy atom. The standard InChI is InChI=1S/C7H6BrN3/c1-5-3-2-4-6(7(5)8)10-11-9/h2-4H,1H3. The molecule has 11 heavy (non-hydrogen) atoms. The van der Waals surface area contributed by atoms with Crippen LogP contribution in [0, 0.1) is 6.92 Å². The van der Waals surface area contributed by atoms with Crippen molar-refractivity contribution in [3.05, 3.63) is 38.7 Å². The van der Waals surface area contributed by atoms with Crippen molar-refractivity contribution in [2.45, 2.75) is 6.92 Å². The highest BCUT2D eigenvalue weighted by Crippen LogP contribution is 2.27. The van der Waals surface area contributed by atoms with E-state index in [9.17, 15) is 0 Å². The topological polar surface area (TPSA) is 48.8 Å². The smallest absolute Gasteiger partial charge is 0.0520 e. The molecule has 0 aliphatic rings.